The molecule has 2 N–H and O–H groups in total. The highest BCUT2D eigenvalue weighted by molar-refractivity contribution is 5.79. The van der Waals surface area contributed by atoms with E-state index in [2.05, 4.69) is 15.3 Å². The Balaban J connectivity index is 2.29. The Morgan fingerprint density at radius 3 is 2.89 bits per heavy atom. The van der Waals surface area contributed by atoms with Gasteiger partial charge in [0.25, 0.3) is 5.69 Å². The molecule has 98 valence electrons. The zero-order valence-electron chi connectivity index (χ0n) is 10.2. The number of H-pyrrole nitrogens is 1. The molecule has 1 unspecified atom stereocenters. The Morgan fingerprint density at radius 1 is 1.53 bits per heavy atom. The molecule has 0 amide bonds. The number of nitro groups is 1. The number of nitrogens with zero attached hydrogens (tertiary/aromatic N) is 2. The molecule has 0 aliphatic heterocycles. The summed E-state index contributed by atoms with van der Waals surface area (Å²) < 4.78 is 0. The third-order valence-corrected chi connectivity index (χ3v) is 2.66. The van der Waals surface area contributed by atoms with E-state index in [0.29, 0.717) is 17.8 Å². The fourth-order valence-corrected chi connectivity index (χ4v) is 1.71. The number of hydrogen-bond donors (Lipinski definition) is 2. The fraction of sp³-hybridized carbons (Fsp3) is 0.167. The average molecular weight is 260 g/mol. The Kier molecular flexibility index (Phi) is 3.56. The largest absolute Gasteiger partial charge is 0.370 e. The van der Waals surface area contributed by atoms with Crippen LogP contribution in [0.4, 0.5) is 11.4 Å². The third kappa shape index (κ3) is 2.76. The minimum Gasteiger partial charge on any atom is -0.370 e. The molecule has 2 rings (SSSR count). The zero-order chi connectivity index (χ0) is 13.8. The van der Waals surface area contributed by atoms with E-state index in [9.17, 15) is 14.9 Å². The molecule has 0 aliphatic carbocycles. The van der Waals surface area contributed by atoms with E-state index < -0.39 is 4.92 Å². The van der Waals surface area contributed by atoms with Gasteiger partial charge in [-0.25, -0.2) is 4.98 Å². The van der Waals surface area contributed by atoms with Crippen LogP contribution in [-0.4, -0.2) is 21.2 Å². The van der Waals surface area contributed by atoms with Crippen molar-refractivity contribution < 1.29 is 9.72 Å². The Morgan fingerprint density at radius 2 is 2.32 bits per heavy atom. The first-order valence-corrected chi connectivity index (χ1v) is 5.61. The number of aromatic nitrogens is 2. The highest BCUT2D eigenvalue weighted by Crippen LogP contribution is 2.28. The van der Waals surface area contributed by atoms with Crippen LogP contribution in [-0.2, 0) is 0 Å². The van der Waals surface area contributed by atoms with Crippen molar-refractivity contribution in [2.45, 2.75) is 13.0 Å². The molecule has 1 atom stereocenters. The molecule has 0 bridgehead atoms. The molecule has 0 radical (unpaired) electrons. The van der Waals surface area contributed by atoms with Gasteiger partial charge in [0, 0.05) is 24.0 Å². The van der Waals surface area contributed by atoms with Crippen molar-refractivity contribution in [3.05, 3.63) is 52.1 Å². The molecule has 0 aliphatic rings. The number of imidazole rings is 1. The number of anilines is 1. The molecule has 1 aromatic carbocycles. The van der Waals surface area contributed by atoms with Crippen LogP contribution in [0.1, 0.15) is 29.1 Å². The number of rotatable bonds is 5. The van der Waals surface area contributed by atoms with Gasteiger partial charge in [-0.1, -0.05) is 0 Å². The summed E-state index contributed by atoms with van der Waals surface area (Å²) in [4.78, 5) is 28.1. The molecule has 0 saturated carbocycles. The SMILES string of the molecule is CC(Nc1ccc(C=O)cc1[N+](=O)[O-])c1ncc[nH]1. The number of nitrogens with one attached hydrogen (secondary N) is 2. The van der Waals surface area contributed by atoms with Crippen molar-refractivity contribution in [2.75, 3.05) is 5.32 Å². The Labute approximate surface area is 108 Å². The van der Waals surface area contributed by atoms with Crippen LogP contribution in [0.15, 0.2) is 30.6 Å². The van der Waals surface area contributed by atoms with Crippen molar-refractivity contribution in [3.63, 3.8) is 0 Å². The van der Waals surface area contributed by atoms with Crippen LogP contribution >= 0.6 is 0 Å². The number of benzene rings is 1. The van der Waals surface area contributed by atoms with Crippen LogP contribution in [0, 0.1) is 10.1 Å². The second kappa shape index (κ2) is 5.30. The van der Waals surface area contributed by atoms with Gasteiger partial charge in [0.1, 0.15) is 17.8 Å². The molecular weight excluding hydrogens is 248 g/mol. The highest BCUT2D eigenvalue weighted by atomic mass is 16.6. The van der Waals surface area contributed by atoms with Gasteiger partial charge in [-0.2, -0.15) is 0 Å². The number of nitro benzene ring substituents is 1. The Hall–Kier alpha value is -2.70. The van der Waals surface area contributed by atoms with E-state index in [-0.39, 0.29) is 17.3 Å². The molecular formula is C12H12N4O3. The number of carbonyl (C=O) groups excluding carboxylic acids is 1. The fourth-order valence-electron chi connectivity index (χ4n) is 1.71. The predicted octanol–water partition coefficient (Wildman–Crippen LogP) is 2.30. The summed E-state index contributed by atoms with van der Waals surface area (Å²) >= 11 is 0. The second-order valence-electron chi connectivity index (χ2n) is 3.99. The number of aromatic amines is 1. The van der Waals surface area contributed by atoms with Gasteiger partial charge in [0.2, 0.25) is 0 Å². The van der Waals surface area contributed by atoms with Crippen LogP contribution in [0.5, 0.6) is 0 Å². The first-order valence-electron chi connectivity index (χ1n) is 5.61. The van der Waals surface area contributed by atoms with E-state index in [1.165, 1.54) is 18.2 Å². The van der Waals surface area contributed by atoms with Crippen LogP contribution < -0.4 is 5.32 Å². The Bertz CT molecular complexity index is 595. The van der Waals surface area contributed by atoms with Crippen molar-refractivity contribution in [1.29, 1.82) is 0 Å². The maximum Gasteiger partial charge on any atom is 0.293 e. The van der Waals surface area contributed by atoms with Gasteiger partial charge in [-0.05, 0) is 19.1 Å². The lowest BCUT2D eigenvalue weighted by molar-refractivity contribution is -0.384. The maximum absolute atomic E-state index is 11.0. The average Bonchev–Trinajstić information content (AvgIpc) is 2.92. The zero-order valence-corrected chi connectivity index (χ0v) is 10.2. The van der Waals surface area contributed by atoms with Gasteiger partial charge < -0.3 is 10.3 Å². The van der Waals surface area contributed by atoms with Crippen LogP contribution in [0.25, 0.3) is 0 Å². The molecule has 2 aromatic rings. The lowest BCUT2D eigenvalue weighted by Gasteiger charge is -2.13. The molecule has 1 aromatic heterocycles. The summed E-state index contributed by atoms with van der Waals surface area (Å²) in [6.07, 6.45) is 3.86. The van der Waals surface area contributed by atoms with Crippen molar-refractivity contribution in [3.8, 4) is 0 Å². The lowest BCUT2D eigenvalue weighted by Crippen LogP contribution is -2.10. The summed E-state index contributed by atoms with van der Waals surface area (Å²) in [6, 6.07) is 4.07. The third-order valence-electron chi connectivity index (χ3n) is 2.66. The van der Waals surface area contributed by atoms with Crippen LogP contribution in [0.3, 0.4) is 0 Å². The molecule has 19 heavy (non-hydrogen) atoms. The minimum absolute atomic E-state index is 0.136. The lowest BCUT2D eigenvalue weighted by atomic mass is 10.1. The van der Waals surface area contributed by atoms with Crippen molar-refractivity contribution in [1.82, 2.24) is 9.97 Å². The summed E-state index contributed by atoms with van der Waals surface area (Å²) in [5.41, 5.74) is 0.477. The van der Waals surface area contributed by atoms with Crippen LogP contribution in [0.2, 0.25) is 0 Å². The summed E-state index contributed by atoms with van der Waals surface area (Å²) in [7, 11) is 0. The predicted molar refractivity (Wildman–Crippen MR) is 69.1 cm³/mol. The van der Waals surface area contributed by atoms with Gasteiger partial charge in [0.15, 0.2) is 0 Å². The first kappa shape index (κ1) is 12.7. The smallest absolute Gasteiger partial charge is 0.293 e. The molecule has 7 nitrogen and oxygen atoms in total. The number of carbonyl (C=O) groups is 1. The molecule has 0 spiro atoms. The van der Waals surface area contributed by atoms with Gasteiger partial charge in [0.05, 0.1) is 11.0 Å². The second-order valence-corrected chi connectivity index (χ2v) is 3.99. The topological polar surface area (TPSA) is 101 Å². The minimum atomic E-state index is -0.524. The van der Waals surface area contributed by atoms with Gasteiger partial charge in [-0.3, -0.25) is 14.9 Å². The molecule has 7 heteroatoms. The van der Waals surface area contributed by atoms with E-state index in [0.717, 1.165) is 0 Å². The van der Waals surface area contributed by atoms with Gasteiger partial charge in [-0.15, -0.1) is 0 Å². The summed E-state index contributed by atoms with van der Waals surface area (Å²) in [6.45, 7) is 1.83. The van der Waals surface area contributed by atoms with Crippen molar-refractivity contribution >= 4 is 17.7 Å². The van der Waals surface area contributed by atoms with E-state index in [1.807, 2.05) is 6.92 Å². The summed E-state index contributed by atoms with van der Waals surface area (Å²) in [5, 5.41) is 14.0. The summed E-state index contributed by atoms with van der Waals surface area (Å²) in [5.74, 6) is 0.675. The normalized spacial score (nSPS) is 11.8. The first-order chi connectivity index (χ1) is 9.11. The highest BCUT2D eigenvalue weighted by Gasteiger charge is 2.17. The van der Waals surface area contributed by atoms with Gasteiger partial charge >= 0.3 is 0 Å². The quantitative estimate of drug-likeness (QED) is 0.488. The van der Waals surface area contributed by atoms with E-state index >= 15 is 0 Å². The standard InChI is InChI=1S/C12H12N4O3/c1-8(12-13-4-5-14-12)15-10-3-2-9(7-17)6-11(10)16(18)19/h2-8,15H,1H3,(H,13,14). The monoisotopic (exact) mass is 260 g/mol. The van der Waals surface area contributed by atoms with E-state index in [4.69, 9.17) is 0 Å². The van der Waals surface area contributed by atoms with E-state index in [1.54, 1.807) is 12.4 Å². The number of hydrogen-bond acceptors (Lipinski definition) is 5. The maximum atomic E-state index is 11.0. The van der Waals surface area contributed by atoms with Crippen molar-refractivity contribution in [2.24, 2.45) is 0 Å². The molecule has 1 heterocycles. The molecule has 0 saturated heterocycles. The molecule has 0 fully saturated rings. The number of aldehydes is 1.